The first kappa shape index (κ1) is 18.5. The summed E-state index contributed by atoms with van der Waals surface area (Å²) in [6.45, 7) is 1.76. The first-order valence-electron chi connectivity index (χ1n) is 9.97. The van der Waals surface area contributed by atoms with E-state index in [0.717, 1.165) is 37.1 Å². The van der Waals surface area contributed by atoms with Crippen molar-refractivity contribution in [1.82, 2.24) is 19.5 Å². The Morgan fingerprint density at radius 3 is 2.80 bits per heavy atom. The van der Waals surface area contributed by atoms with Gasteiger partial charge in [-0.05, 0) is 37.1 Å². The Labute approximate surface area is 172 Å². The Morgan fingerprint density at radius 2 is 1.97 bits per heavy atom. The van der Waals surface area contributed by atoms with Crippen LogP contribution in [0.5, 0.6) is 0 Å². The van der Waals surface area contributed by atoms with Gasteiger partial charge < -0.3 is 19.0 Å². The Kier molecular flexibility index (Phi) is 4.98. The van der Waals surface area contributed by atoms with E-state index >= 15 is 0 Å². The summed E-state index contributed by atoms with van der Waals surface area (Å²) in [7, 11) is 0. The highest BCUT2D eigenvalue weighted by Crippen LogP contribution is 2.19. The Balaban J connectivity index is 1.35. The van der Waals surface area contributed by atoms with Crippen molar-refractivity contribution < 1.29 is 9.15 Å². The van der Waals surface area contributed by atoms with Crippen molar-refractivity contribution in [2.24, 2.45) is 0 Å². The van der Waals surface area contributed by atoms with Crippen LogP contribution in [0, 0.1) is 0 Å². The van der Waals surface area contributed by atoms with Gasteiger partial charge in [-0.25, -0.2) is 15.0 Å². The minimum absolute atomic E-state index is 0.146. The molecule has 1 N–H and O–H groups in total. The monoisotopic (exact) mass is 403 g/mol. The van der Waals surface area contributed by atoms with Gasteiger partial charge in [-0.2, -0.15) is 0 Å². The van der Waals surface area contributed by atoms with Gasteiger partial charge in [0, 0.05) is 43.3 Å². The van der Waals surface area contributed by atoms with E-state index in [1.165, 1.54) is 0 Å². The fraction of sp³-hybridized carbons (Fsp3) is 0.273. The molecule has 1 aromatic carbocycles. The lowest BCUT2D eigenvalue weighted by Crippen LogP contribution is -2.28. The summed E-state index contributed by atoms with van der Waals surface area (Å²) in [6.07, 6.45) is 5.30. The third kappa shape index (κ3) is 3.95. The Morgan fingerprint density at radius 1 is 1.10 bits per heavy atom. The molecule has 1 aliphatic heterocycles. The normalized spacial score (nSPS) is 14.8. The van der Waals surface area contributed by atoms with E-state index in [0.29, 0.717) is 29.2 Å². The average Bonchev–Trinajstić information content (AvgIpc) is 3.18. The van der Waals surface area contributed by atoms with Crippen LogP contribution in [0.25, 0.3) is 22.4 Å². The molecule has 0 amide bonds. The topological polar surface area (TPSA) is 95.1 Å². The van der Waals surface area contributed by atoms with E-state index in [2.05, 4.69) is 20.3 Å². The summed E-state index contributed by atoms with van der Waals surface area (Å²) in [5.41, 5.74) is 2.79. The zero-order valence-electron chi connectivity index (χ0n) is 16.3. The molecule has 1 aliphatic rings. The largest absolute Gasteiger partial charge is 0.439 e. The van der Waals surface area contributed by atoms with Crippen LogP contribution < -0.4 is 10.9 Å². The molecule has 1 saturated heterocycles. The van der Waals surface area contributed by atoms with Gasteiger partial charge in [0.25, 0.3) is 5.56 Å². The molecule has 0 saturated carbocycles. The van der Waals surface area contributed by atoms with Gasteiger partial charge >= 0.3 is 0 Å². The first-order chi connectivity index (χ1) is 14.7. The molecule has 0 aliphatic carbocycles. The number of aromatic nitrogens is 4. The molecule has 0 unspecified atom stereocenters. The molecular weight excluding hydrogens is 382 g/mol. The minimum atomic E-state index is -0.146. The van der Waals surface area contributed by atoms with E-state index in [1.807, 2.05) is 30.3 Å². The molecule has 30 heavy (non-hydrogen) atoms. The van der Waals surface area contributed by atoms with Crippen molar-refractivity contribution in [3.05, 3.63) is 71.1 Å². The number of benzene rings is 1. The molecule has 8 nitrogen and oxygen atoms in total. The highest BCUT2D eigenvalue weighted by atomic mass is 16.5. The van der Waals surface area contributed by atoms with E-state index in [9.17, 15) is 4.79 Å². The lowest BCUT2D eigenvalue weighted by atomic mass is 10.1. The van der Waals surface area contributed by atoms with E-state index in [-0.39, 0.29) is 12.1 Å². The number of rotatable bonds is 5. The number of nitrogens with zero attached hydrogens (tertiary/aromatic N) is 4. The number of para-hydroxylation sites is 2. The smallest absolute Gasteiger partial charge is 0.251 e. The van der Waals surface area contributed by atoms with Crippen LogP contribution in [-0.4, -0.2) is 38.8 Å². The van der Waals surface area contributed by atoms with Gasteiger partial charge in [-0.1, -0.05) is 12.1 Å². The van der Waals surface area contributed by atoms with Crippen LogP contribution in [0.2, 0.25) is 0 Å². The number of fused-ring (bicyclic) bond motifs is 1. The van der Waals surface area contributed by atoms with E-state index in [4.69, 9.17) is 9.15 Å². The van der Waals surface area contributed by atoms with Gasteiger partial charge in [-0.3, -0.25) is 4.79 Å². The molecule has 0 radical (unpaired) electrons. The second-order valence-corrected chi connectivity index (χ2v) is 7.25. The lowest BCUT2D eigenvalue weighted by molar-refractivity contribution is 0.0903. The number of hydrogen-bond donors (Lipinski definition) is 1. The summed E-state index contributed by atoms with van der Waals surface area (Å²) >= 11 is 0. The number of anilines is 1. The highest BCUT2D eigenvalue weighted by molar-refractivity contribution is 5.72. The summed E-state index contributed by atoms with van der Waals surface area (Å²) in [5, 5.41) is 3.36. The number of oxazole rings is 1. The van der Waals surface area contributed by atoms with Crippen molar-refractivity contribution in [2.75, 3.05) is 18.5 Å². The third-order valence-corrected chi connectivity index (χ3v) is 5.15. The zero-order valence-corrected chi connectivity index (χ0v) is 16.3. The second-order valence-electron chi connectivity index (χ2n) is 7.25. The maximum Gasteiger partial charge on any atom is 0.251 e. The average molecular weight is 403 g/mol. The van der Waals surface area contributed by atoms with Crippen molar-refractivity contribution >= 4 is 17.0 Å². The first-order valence-corrected chi connectivity index (χ1v) is 9.97. The van der Waals surface area contributed by atoms with Gasteiger partial charge in [0.2, 0.25) is 11.8 Å². The summed E-state index contributed by atoms with van der Waals surface area (Å²) in [5.74, 6) is 1.06. The fourth-order valence-electron chi connectivity index (χ4n) is 3.54. The zero-order chi connectivity index (χ0) is 20.3. The van der Waals surface area contributed by atoms with Crippen LogP contribution in [-0.2, 0) is 11.3 Å². The number of hydrogen-bond acceptors (Lipinski definition) is 7. The van der Waals surface area contributed by atoms with Crippen LogP contribution in [0.4, 0.5) is 5.95 Å². The summed E-state index contributed by atoms with van der Waals surface area (Å²) in [4.78, 5) is 26.0. The number of nitrogens with one attached hydrogen (secondary N) is 1. The minimum Gasteiger partial charge on any atom is -0.439 e. The standard InChI is InChI=1S/C22H21N5O3/c28-21-13-15(17-5-9-23-22(26-17)24-16-7-11-29-12-8-16)6-10-27(21)14-20-25-18-3-1-2-4-19(18)30-20/h1-6,9-10,13,16H,7-8,11-12,14H2,(H,23,24,26). The molecule has 0 spiro atoms. The predicted octanol–water partition coefficient (Wildman–Crippen LogP) is 3.09. The van der Waals surface area contributed by atoms with Gasteiger partial charge in [-0.15, -0.1) is 0 Å². The van der Waals surface area contributed by atoms with E-state index in [1.54, 1.807) is 29.1 Å². The van der Waals surface area contributed by atoms with Gasteiger partial charge in [0.15, 0.2) is 5.58 Å². The van der Waals surface area contributed by atoms with E-state index < -0.39 is 0 Å². The molecule has 3 aromatic heterocycles. The second kappa shape index (κ2) is 8.08. The Bertz CT molecular complexity index is 1190. The molecule has 152 valence electrons. The predicted molar refractivity (Wildman–Crippen MR) is 112 cm³/mol. The third-order valence-electron chi connectivity index (χ3n) is 5.15. The maximum atomic E-state index is 12.7. The van der Waals surface area contributed by atoms with Crippen LogP contribution in [0.1, 0.15) is 18.7 Å². The lowest BCUT2D eigenvalue weighted by Gasteiger charge is -2.23. The number of ether oxygens (including phenoxy) is 1. The molecule has 0 bridgehead atoms. The molecule has 4 heterocycles. The maximum absolute atomic E-state index is 12.7. The van der Waals surface area contributed by atoms with Crippen molar-refractivity contribution in [3.8, 4) is 11.3 Å². The van der Waals surface area contributed by atoms with Crippen LogP contribution in [0.15, 0.2) is 64.1 Å². The van der Waals surface area contributed by atoms with Gasteiger partial charge in [0.05, 0.1) is 5.69 Å². The van der Waals surface area contributed by atoms with Crippen molar-refractivity contribution in [2.45, 2.75) is 25.4 Å². The molecule has 5 rings (SSSR count). The highest BCUT2D eigenvalue weighted by Gasteiger charge is 2.15. The molecule has 1 fully saturated rings. The van der Waals surface area contributed by atoms with Crippen molar-refractivity contribution in [1.29, 1.82) is 0 Å². The van der Waals surface area contributed by atoms with Crippen LogP contribution >= 0.6 is 0 Å². The molecule has 0 atom stereocenters. The Hall–Kier alpha value is -3.52. The van der Waals surface area contributed by atoms with Gasteiger partial charge in [0.1, 0.15) is 12.1 Å². The fourth-order valence-corrected chi connectivity index (χ4v) is 3.54. The molecular formula is C22H21N5O3. The number of pyridine rings is 1. The van der Waals surface area contributed by atoms with Crippen LogP contribution in [0.3, 0.4) is 0 Å². The summed E-state index contributed by atoms with van der Waals surface area (Å²) in [6, 6.07) is 13.1. The van der Waals surface area contributed by atoms with Crippen molar-refractivity contribution in [3.63, 3.8) is 0 Å². The summed E-state index contributed by atoms with van der Waals surface area (Å²) < 4.78 is 12.7. The SMILES string of the molecule is O=c1cc(-c2ccnc(NC3CCOCC3)n2)ccn1Cc1nc2ccccc2o1. The molecule has 8 heteroatoms. The quantitative estimate of drug-likeness (QED) is 0.547. The molecule has 4 aromatic rings.